The summed E-state index contributed by atoms with van der Waals surface area (Å²) in [5, 5.41) is 9.40. The highest BCUT2D eigenvalue weighted by molar-refractivity contribution is 7.44. The molecule has 2 aliphatic rings. The molecule has 5 atom stereocenters. The SMILES string of the molecule is [2H]C[C@]12CO[C@@H](C1OP(OCCC#N)N(C(C)C)C(C)C)[C@H](n1cnc3c(=O)[nH]c(N([2H])CF)nc31)O2. The minimum atomic E-state index is -1.64. The molecule has 2 saturated heterocycles. The third-order valence-corrected chi connectivity index (χ3v) is 7.85. The van der Waals surface area contributed by atoms with E-state index in [1.54, 1.807) is 0 Å². The highest BCUT2D eigenvalue weighted by Gasteiger charge is 2.62. The van der Waals surface area contributed by atoms with Crippen LogP contribution in [0.1, 0.15) is 48.6 Å². The average molecular weight is 514 g/mol. The molecule has 2 aromatic heterocycles. The summed E-state index contributed by atoms with van der Waals surface area (Å²) >= 11 is 0. The highest BCUT2D eigenvalue weighted by Crippen LogP contribution is 2.55. The lowest BCUT2D eigenvalue weighted by Gasteiger charge is -2.38. The van der Waals surface area contributed by atoms with E-state index in [4.69, 9.17) is 26.6 Å². The standard InChI is InChI=1S/C21H31FN7O5P/c1-12(2)29(13(3)4)35(32-8-6-7-23)34-16-15-19(33-21(16,5)9-31-15)28-11-25-14-17(28)26-20(24-10-22)27-18(14)30/h11-13,15-16,19H,6,8-10H2,1-5H3,(H2,24,26,27,30)/t15-,16?,19+,21-,35?/m0/s1/i5D/hD. The van der Waals surface area contributed by atoms with Crippen molar-refractivity contribution in [2.45, 2.75) is 77.1 Å². The molecule has 2 aliphatic heterocycles. The number of aromatic nitrogens is 4. The zero-order valence-electron chi connectivity index (χ0n) is 22.0. The second-order valence-corrected chi connectivity index (χ2v) is 10.3. The molecule has 0 amide bonds. The van der Waals surface area contributed by atoms with Crippen LogP contribution in [0, 0.1) is 11.3 Å². The Balaban J connectivity index is 1.69. The first kappa shape index (κ1) is 23.2. The third kappa shape index (κ3) is 4.91. The van der Waals surface area contributed by atoms with Crippen molar-refractivity contribution in [2.75, 3.05) is 25.3 Å². The number of anilines is 1. The van der Waals surface area contributed by atoms with Gasteiger partial charge in [-0.15, -0.1) is 0 Å². The Kier molecular flexibility index (Phi) is 6.91. The Bertz CT molecular complexity index is 1190. The lowest BCUT2D eigenvalue weighted by molar-refractivity contribution is -0.164. The highest BCUT2D eigenvalue weighted by atomic mass is 31.2. The fourth-order valence-electron chi connectivity index (χ4n) is 4.34. The Morgan fingerprint density at radius 3 is 2.97 bits per heavy atom. The Labute approximate surface area is 206 Å². The summed E-state index contributed by atoms with van der Waals surface area (Å²) in [4.78, 5) is 23.2. The van der Waals surface area contributed by atoms with E-state index in [2.05, 4.69) is 25.7 Å². The van der Waals surface area contributed by atoms with Crippen LogP contribution < -0.4 is 10.9 Å². The minimum absolute atomic E-state index is 0.00680. The fourth-order valence-corrected chi connectivity index (χ4v) is 6.15. The van der Waals surface area contributed by atoms with E-state index in [0.717, 1.165) is 0 Å². The smallest absolute Gasteiger partial charge is 0.280 e. The summed E-state index contributed by atoms with van der Waals surface area (Å²) in [6, 6.07) is 2.22. The number of H-pyrrole nitrogens is 1. The second kappa shape index (κ2) is 10.4. The normalized spacial score (nSPS) is 27.6. The minimum Gasteiger partial charge on any atom is -0.368 e. The number of ether oxygens (including phenoxy) is 2. The molecule has 0 aliphatic carbocycles. The molecule has 2 unspecified atom stereocenters. The van der Waals surface area contributed by atoms with Crippen molar-refractivity contribution in [3.05, 3.63) is 16.7 Å². The first-order valence-electron chi connectivity index (χ1n) is 12.5. The number of hydrogen-bond acceptors (Lipinski definition) is 10. The summed E-state index contributed by atoms with van der Waals surface area (Å²) in [6.45, 7) is 7.07. The molecule has 2 fully saturated rings. The molecule has 12 nitrogen and oxygen atoms in total. The van der Waals surface area contributed by atoms with Gasteiger partial charge in [0.2, 0.25) is 5.95 Å². The molecule has 0 saturated carbocycles. The number of alkyl halides is 1. The lowest BCUT2D eigenvalue weighted by Crippen LogP contribution is -2.40. The lowest BCUT2D eigenvalue weighted by atomic mass is 10.0. The summed E-state index contributed by atoms with van der Waals surface area (Å²) in [7, 11) is -1.64. The van der Waals surface area contributed by atoms with E-state index < -0.39 is 44.9 Å². The van der Waals surface area contributed by atoms with Gasteiger partial charge in [0.05, 0.1) is 32.0 Å². The predicted molar refractivity (Wildman–Crippen MR) is 126 cm³/mol. The molecule has 0 spiro atoms. The molecule has 2 N–H and O–H groups in total. The van der Waals surface area contributed by atoms with Crippen molar-refractivity contribution in [2.24, 2.45) is 0 Å². The first-order chi connectivity index (χ1) is 17.7. The number of imidazole rings is 1. The molecule has 0 radical (unpaired) electrons. The summed E-state index contributed by atoms with van der Waals surface area (Å²) in [5.74, 6) is -0.284. The van der Waals surface area contributed by atoms with Gasteiger partial charge >= 0.3 is 0 Å². The number of hydrogen-bond donors (Lipinski definition) is 2. The van der Waals surface area contributed by atoms with Crippen molar-refractivity contribution in [1.82, 2.24) is 24.2 Å². The van der Waals surface area contributed by atoms with Crippen LogP contribution in [0.4, 0.5) is 10.3 Å². The van der Waals surface area contributed by atoms with Crippen LogP contribution in [-0.2, 0) is 18.5 Å². The number of nitrogens with zero attached hydrogens (tertiary/aromatic N) is 5. The second-order valence-electron chi connectivity index (χ2n) is 8.91. The van der Waals surface area contributed by atoms with Crippen LogP contribution in [0.5, 0.6) is 0 Å². The van der Waals surface area contributed by atoms with Gasteiger partial charge in [0.15, 0.2) is 25.6 Å². The molecule has 2 aromatic rings. The van der Waals surface area contributed by atoms with Gasteiger partial charge in [-0.05, 0) is 34.6 Å². The van der Waals surface area contributed by atoms with Crippen LogP contribution in [-0.4, -0.2) is 74.1 Å². The van der Waals surface area contributed by atoms with Gasteiger partial charge in [0, 0.05) is 13.5 Å². The quantitative estimate of drug-likeness (QED) is 0.262. The first-order valence-corrected chi connectivity index (χ1v) is 12.4. The number of fused-ring (bicyclic) bond motifs is 3. The summed E-state index contributed by atoms with van der Waals surface area (Å²) in [5.41, 5.74) is -1.67. The molecule has 0 aromatic carbocycles. The van der Waals surface area contributed by atoms with Crippen LogP contribution in [0.25, 0.3) is 11.2 Å². The van der Waals surface area contributed by atoms with E-state index in [-0.39, 0.29) is 55.7 Å². The van der Waals surface area contributed by atoms with Crippen LogP contribution in [0.15, 0.2) is 11.1 Å². The molecule has 14 heteroatoms. The maximum Gasteiger partial charge on any atom is 0.280 e. The van der Waals surface area contributed by atoms with E-state index >= 15 is 0 Å². The maximum atomic E-state index is 13.1. The van der Waals surface area contributed by atoms with E-state index in [9.17, 15) is 9.18 Å². The zero-order valence-corrected chi connectivity index (χ0v) is 20.9. The number of nitrogens with one attached hydrogen (secondary N) is 2. The molecule has 35 heavy (non-hydrogen) atoms. The van der Waals surface area contributed by atoms with Crippen molar-refractivity contribution in [3.63, 3.8) is 0 Å². The number of nitriles is 1. The maximum absolute atomic E-state index is 13.1. The van der Waals surface area contributed by atoms with E-state index in [1.807, 2.05) is 27.7 Å². The Morgan fingerprint density at radius 1 is 1.54 bits per heavy atom. The topological polar surface area (TPSA) is 140 Å². The molecular weight excluding hydrogens is 480 g/mol. The Morgan fingerprint density at radius 2 is 2.31 bits per heavy atom. The molecular formula is C21H31FN7O5P. The number of aromatic amines is 1. The molecule has 192 valence electrons. The largest absolute Gasteiger partial charge is 0.368 e. The fraction of sp³-hybridized carbons (Fsp3) is 0.714. The number of rotatable bonds is 11. The zero-order chi connectivity index (χ0) is 26.9. The van der Waals surface area contributed by atoms with Crippen LogP contribution in [0.2, 0.25) is 1.41 Å². The van der Waals surface area contributed by atoms with Gasteiger partial charge in [-0.1, -0.05) is 0 Å². The Hall–Kier alpha value is -2.20. The van der Waals surface area contributed by atoms with Gasteiger partial charge < -0.3 is 23.8 Å². The van der Waals surface area contributed by atoms with Gasteiger partial charge in [0.25, 0.3) is 14.1 Å². The molecule has 4 rings (SSSR count). The van der Waals surface area contributed by atoms with Gasteiger partial charge in [-0.3, -0.25) is 14.3 Å². The van der Waals surface area contributed by atoms with Crippen LogP contribution >= 0.6 is 8.53 Å². The average Bonchev–Trinajstić information content (AvgIpc) is 3.53. The molecule has 2 bridgehead atoms. The van der Waals surface area contributed by atoms with Gasteiger partial charge in [-0.25, -0.2) is 14.0 Å². The van der Waals surface area contributed by atoms with Crippen molar-refractivity contribution >= 4 is 25.6 Å². The van der Waals surface area contributed by atoms with Gasteiger partial charge in [0.1, 0.15) is 17.8 Å². The third-order valence-electron chi connectivity index (χ3n) is 5.74. The van der Waals surface area contributed by atoms with E-state index in [1.165, 1.54) is 10.9 Å². The number of halogens is 1. The van der Waals surface area contributed by atoms with Gasteiger partial charge in [-0.2, -0.15) is 10.2 Å². The van der Waals surface area contributed by atoms with Crippen molar-refractivity contribution < 1.29 is 25.7 Å². The summed E-state index contributed by atoms with van der Waals surface area (Å²) < 4.78 is 57.5. The monoisotopic (exact) mass is 513 g/mol. The molecule has 4 heterocycles. The predicted octanol–water partition coefficient (Wildman–Crippen LogP) is 2.81. The van der Waals surface area contributed by atoms with E-state index in [0.29, 0.717) is 5.31 Å². The van der Waals surface area contributed by atoms with Crippen molar-refractivity contribution in [1.29, 1.82) is 5.26 Å². The summed E-state index contributed by atoms with van der Waals surface area (Å²) in [6.07, 6.45) is -0.658. The van der Waals surface area contributed by atoms with Crippen molar-refractivity contribution in [3.8, 4) is 6.07 Å². The van der Waals surface area contributed by atoms with Crippen LogP contribution in [0.3, 0.4) is 0 Å².